The number of aromatic nitrogens is 2. The molecule has 150 valence electrons. The van der Waals surface area contributed by atoms with Gasteiger partial charge in [-0.2, -0.15) is 13.2 Å². The van der Waals surface area contributed by atoms with Gasteiger partial charge in [-0.05, 0) is 54.8 Å². The number of Topliss-reactive ketones (excluding diaryl/α,β-unsaturated/α-hetero) is 1. The van der Waals surface area contributed by atoms with Crippen molar-refractivity contribution in [3.05, 3.63) is 70.4 Å². The maximum Gasteiger partial charge on any atom is 0.416 e. The van der Waals surface area contributed by atoms with Crippen LogP contribution >= 0.6 is 11.6 Å². The molecular formula is C21H17ClF3N3O. The van der Waals surface area contributed by atoms with Crippen molar-refractivity contribution in [3.63, 3.8) is 0 Å². The number of nitrogens with zero attached hydrogens (tertiary/aromatic N) is 2. The molecule has 0 amide bonds. The Labute approximate surface area is 170 Å². The Hall–Kier alpha value is -2.80. The minimum absolute atomic E-state index is 0.0755. The number of hydrogen-bond acceptors (Lipinski definition) is 3. The van der Waals surface area contributed by atoms with Crippen LogP contribution in [0.2, 0.25) is 5.02 Å². The van der Waals surface area contributed by atoms with E-state index in [-0.39, 0.29) is 23.2 Å². The molecule has 1 aliphatic carbocycles. The summed E-state index contributed by atoms with van der Waals surface area (Å²) in [6, 6.07) is 11.8. The van der Waals surface area contributed by atoms with Gasteiger partial charge in [-0.1, -0.05) is 24.6 Å². The molecule has 0 fully saturated rings. The fraction of sp³-hybridized carbons (Fsp3) is 0.238. The minimum Gasteiger partial charge on any atom is -0.338 e. The van der Waals surface area contributed by atoms with E-state index >= 15 is 0 Å². The highest BCUT2D eigenvalue weighted by atomic mass is 35.5. The van der Waals surface area contributed by atoms with E-state index in [9.17, 15) is 18.0 Å². The summed E-state index contributed by atoms with van der Waals surface area (Å²) in [5, 5.41) is 8.01. The first-order valence-corrected chi connectivity index (χ1v) is 9.45. The largest absolute Gasteiger partial charge is 0.416 e. The molecule has 0 saturated carbocycles. The van der Waals surface area contributed by atoms with Crippen LogP contribution in [-0.4, -0.2) is 15.6 Å². The molecule has 3 aromatic rings. The van der Waals surface area contributed by atoms with E-state index in [1.807, 2.05) is 6.92 Å². The zero-order valence-electron chi connectivity index (χ0n) is 15.4. The number of benzene rings is 2. The quantitative estimate of drug-likeness (QED) is 0.562. The highest BCUT2D eigenvalue weighted by molar-refractivity contribution is 6.30. The van der Waals surface area contributed by atoms with Crippen LogP contribution in [0.3, 0.4) is 0 Å². The lowest BCUT2D eigenvalue weighted by molar-refractivity contribution is -0.137. The fourth-order valence-corrected chi connectivity index (χ4v) is 3.67. The summed E-state index contributed by atoms with van der Waals surface area (Å²) in [5.74, 6) is 0.332. The molecule has 4 nitrogen and oxygen atoms in total. The fourth-order valence-electron chi connectivity index (χ4n) is 3.55. The topological polar surface area (TPSA) is 46.9 Å². The van der Waals surface area contributed by atoms with Crippen LogP contribution in [0.4, 0.5) is 24.7 Å². The number of ketones is 1. The van der Waals surface area contributed by atoms with E-state index in [4.69, 9.17) is 11.6 Å². The summed E-state index contributed by atoms with van der Waals surface area (Å²) in [6.07, 6.45) is -3.44. The van der Waals surface area contributed by atoms with Gasteiger partial charge in [0.2, 0.25) is 0 Å². The normalized spacial score (nSPS) is 16.6. The lowest BCUT2D eigenvalue weighted by atomic mass is 9.87. The summed E-state index contributed by atoms with van der Waals surface area (Å²) in [6.45, 7) is 1.99. The molecule has 8 heteroatoms. The number of fused-ring (bicyclic) bond motifs is 1. The highest BCUT2D eigenvalue weighted by Gasteiger charge is 2.32. The molecular weight excluding hydrogens is 403 g/mol. The van der Waals surface area contributed by atoms with Gasteiger partial charge >= 0.3 is 6.18 Å². The molecule has 1 heterocycles. The second kappa shape index (κ2) is 7.22. The van der Waals surface area contributed by atoms with E-state index in [0.717, 1.165) is 23.5 Å². The summed E-state index contributed by atoms with van der Waals surface area (Å²) in [7, 11) is 0. The van der Waals surface area contributed by atoms with E-state index in [1.54, 1.807) is 28.9 Å². The Bertz CT molecular complexity index is 1070. The number of hydrogen-bond donors (Lipinski definition) is 1. The van der Waals surface area contributed by atoms with E-state index in [1.165, 1.54) is 12.1 Å². The summed E-state index contributed by atoms with van der Waals surface area (Å²) < 4.78 is 40.8. The summed E-state index contributed by atoms with van der Waals surface area (Å²) >= 11 is 5.96. The Morgan fingerprint density at radius 2 is 1.86 bits per heavy atom. The predicted molar refractivity (Wildman–Crippen MR) is 105 cm³/mol. The van der Waals surface area contributed by atoms with Crippen molar-refractivity contribution in [2.45, 2.75) is 25.9 Å². The number of anilines is 2. The van der Waals surface area contributed by atoms with Crippen molar-refractivity contribution in [1.82, 2.24) is 9.78 Å². The maximum atomic E-state index is 13.0. The van der Waals surface area contributed by atoms with Crippen molar-refractivity contribution >= 4 is 28.9 Å². The van der Waals surface area contributed by atoms with E-state index in [2.05, 4.69) is 10.4 Å². The molecule has 0 saturated heterocycles. The number of carbonyl (C=O) groups excluding carboxylic acids is 1. The van der Waals surface area contributed by atoms with Crippen molar-refractivity contribution in [2.24, 2.45) is 5.92 Å². The predicted octanol–water partition coefficient (Wildman–Crippen LogP) is 6.05. The van der Waals surface area contributed by atoms with Gasteiger partial charge in [0.15, 0.2) is 11.6 Å². The molecule has 0 bridgehead atoms. The molecule has 1 N–H and O–H groups in total. The molecule has 0 radical (unpaired) electrons. The van der Waals surface area contributed by atoms with Crippen LogP contribution in [0.5, 0.6) is 0 Å². The molecule has 1 aromatic heterocycles. The SMILES string of the molecule is CC1CC(=O)c2c(Nc3cccc(C(F)(F)F)c3)nn(-c3ccc(Cl)cc3)c2C1. The first kappa shape index (κ1) is 19.5. The van der Waals surface area contributed by atoms with Crippen LogP contribution in [-0.2, 0) is 12.6 Å². The Morgan fingerprint density at radius 3 is 2.55 bits per heavy atom. The third-order valence-corrected chi connectivity index (χ3v) is 5.11. The van der Waals surface area contributed by atoms with Gasteiger partial charge in [-0.15, -0.1) is 5.10 Å². The first-order valence-electron chi connectivity index (χ1n) is 9.07. The van der Waals surface area contributed by atoms with Crippen LogP contribution in [0, 0.1) is 5.92 Å². The summed E-state index contributed by atoms with van der Waals surface area (Å²) in [4.78, 5) is 12.7. The van der Waals surface area contributed by atoms with Crippen molar-refractivity contribution in [1.29, 1.82) is 0 Å². The van der Waals surface area contributed by atoms with E-state index < -0.39 is 11.7 Å². The molecule has 2 aromatic carbocycles. The number of nitrogens with one attached hydrogen (secondary N) is 1. The highest BCUT2D eigenvalue weighted by Crippen LogP contribution is 2.35. The Balaban J connectivity index is 1.79. The molecule has 29 heavy (non-hydrogen) atoms. The zero-order chi connectivity index (χ0) is 20.8. The van der Waals surface area contributed by atoms with Crippen molar-refractivity contribution in [3.8, 4) is 5.69 Å². The average molecular weight is 420 g/mol. The number of alkyl halides is 3. The van der Waals surface area contributed by atoms with E-state index in [0.29, 0.717) is 23.4 Å². The van der Waals surface area contributed by atoms with Crippen LogP contribution in [0.15, 0.2) is 48.5 Å². The zero-order valence-corrected chi connectivity index (χ0v) is 16.2. The van der Waals surface area contributed by atoms with Gasteiger partial charge in [-0.3, -0.25) is 4.79 Å². The van der Waals surface area contributed by atoms with Gasteiger partial charge in [0, 0.05) is 17.1 Å². The minimum atomic E-state index is -4.45. The van der Waals surface area contributed by atoms with Gasteiger partial charge in [0.1, 0.15) is 0 Å². The van der Waals surface area contributed by atoms with Crippen LogP contribution in [0.25, 0.3) is 5.69 Å². The van der Waals surface area contributed by atoms with Crippen LogP contribution in [0.1, 0.15) is 35.0 Å². The third kappa shape index (κ3) is 3.87. The average Bonchev–Trinajstić information content (AvgIpc) is 3.00. The number of halogens is 4. The number of rotatable bonds is 3. The second-order valence-electron chi connectivity index (χ2n) is 7.20. The molecule has 1 aliphatic rings. The van der Waals surface area contributed by atoms with Crippen molar-refractivity contribution in [2.75, 3.05) is 5.32 Å². The lowest BCUT2D eigenvalue weighted by Crippen LogP contribution is -2.19. The van der Waals surface area contributed by atoms with Gasteiger partial charge in [0.05, 0.1) is 22.5 Å². The molecule has 1 atom stereocenters. The first-order chi connectivity index (χ1) is 13.7. The Kier molecular flexibility index (Phi) is 4.86. The Morgan fingerprint density at radius 1 is 1.14 bits per heavy atom. The van der Waals surface area contributed by atoms with Gasteiger partial charge < -0.3 is 5.32 Å². The van der Waals surface area contributed by atoms with Gasteiger partial charge in [-0.25, -0.2) is 4.68 Å². The van der Waals surface area contributed by atoms with Gasteiger partial charge in [0.25, 0.3) is 0 Å². The number of carbonyl (C=O) groups is 1. The molecule has 0 spiro atoms. The monoisotopic (exact) mass is 419 g/mol. The standard InChI is InChI=1S/C21H17ClF3N3O/c1-12-9-17-19(18(29)10-12)20(27-28(17)16-7-5-14(22)6-8-16)26-15-4-2-3-13(11-15)21(23,24)25/h2-8,11-12H,9-10H2,1H3,(H,26,27). The molecule has 1 unspecified atom stereocenters. The smallest absolute Gasteiger partial charge is 0.338 e. The third-order valence-electron chi connectivity index (χ3n) is 4.86. The maximum absolute atomic E-state index is 13.0. The van der Waals surface area contributed by atoms with Crippen LogP contribution < -0.4 is 5.32 Å². The summed E-state index contributed by atoms with van der Waals surface area (Å²) in [5.41, 5.74) is 1.34. The lowest BCUT2D eigenvalue weighted by Gasteiger charge is -2.19. The molecule has 0 aliphatic heterocycles. The molecule has 4 rings (SSSR count). The second-order valence-corrected chi connectivity index (χ2v) is 7.64. The van der Waals surface area contributed by atoms with Crippen molar-refractivity contribution < 1.29 is 18.0 Å².